The summed E-state index contributed by atoms with van der Waals surface area (Å²) >= 11 is 0. The highest BCUT2D eigenvalue weighted by atomic mass is 28.4. The molecule has 2 fully saturated rings. The largest absolute Gasteiger partial charge is 0.444 e. The number of carbonyl (C=O) groups is 3. The van der Waals surface area contributed by atoms with Crippen molar-refractivity contribution in [1.82, 2.24) is 16.0 Å². The minimum atomic E-state index is -2.11. The van der Waals surface area contributed by atoms with Crippen LogP contribution in [0.4, 0.5) is 9.59 Å². The van der Waals surface area contributed by atoms with Crippen molar-refractivity contribution in [1.29, 1.82) is 0 Å². The van der Waals surface area contributed by atoms with Gasteiger partial charge < -0.3 is 19.2 Å². The summed E-state index contributed by atoms with van der Waals surface area (Å²) in [4.78, 5) is 42.8. The van der Waals surface area contributed by atoms with Crippen LogP contribution in [-0.2, 0) is 31.9 Å². The van der Waals surface area contributed by atoms with Gasteiger partial charge in [-0.3, -0.25) is 15.4 Å². The van der Waals surface area contributed by atoms with E-state index in [2.05, 4.69) is 49.8 Å². The molecule has 0 spiro atoms. The van der Waals surface area contributed by atoms with E-state index >= 15 is 0 Å². The molecule has 238 valence electrons. The van der Waals surface area contributed by atoms with E-state index in [4.69, 9.17) is 18.9 Å². The van der Waals surface area contributed by atoms with Gasteiger partial charge in [0.2, 0.25) is 11.9 Å². The van der Waals surface area contributed by atoms with Crippen molar-refractivity contribution in [3.8, 4) is 0 Å². The van der Waals surface area contributed by atoms with Gasteiger partial charge in [-0.2, -0.15) is 0 Å². The van der Waals surface area contributed by atoms with Gasteiger partial charge in [0.25, 0.3) is 0 Å². The van der Waals surface area contributed by atoms with Crippen molar-refractivity contribution in [2.75, 3.05) is 0 Å². The molecule has 0 radical (unpaired) electrons. The first-order valence-electron chi connectivity index (χ1n) is 15.3. The fraction of sp³-hybridized carbons (Fsp3) is 0.515. The summed E-state index contributed by atoms with van der Waals surface area (Å²) in [6, 6.07) is 18.2. The van der Waals surface area contributed by atoms with E-state index in [0.29, 0.717) is 6.42 Å². The molecule has 2 aromatic rings. The molecule has 44 heavy (non-hydrogen) atoms. The van der Waals surface area contributed by atoms with Crippen molar-refractivity contribution in [3.63, 3.8) is 0 Å². The molecule has 3 amide bonds. The molecule has 0 unspecified atom stereocenters. The molecule has 0 saturated heterocycles. The molecular weight excluding hydrogens is 576 g/mol. The molecule has 11 heteroatoms. The van der Waals surface area contributed by atoms with Crippen LogP contribution in [0.2, 0.25) is 18.1 Å². The second-order valence-corrected chi connectivity index (χ2v) is 18.0. The SMILES string of the molecule is CC(=O)N[C@H]1CC[C@H]2[C@@H]1[C@H](N=C(NC(=O)OCc1ccccc1)NC(=O)OCc1ccccc1)C[C@@H]2O[Si](C)(C)C(C)(C)C. The number of aliphatic imine (C=N–C) groups is 1. The Morgan fingerprint density at radius 2 is 1.39 bits per heavy atom. The van der Waals surface area contributed by atoms with Crippen LogP contribution in [0.3, 0.4) is 0 Å². The molecule has 2 saturated carbocycles. The first-order chi connectivity index (χ1) is 20.8. The lowest BCUT2D eigenvalue weighted by Crippen LogP contribution is -2.46. The first kappa shape index (κ1) is 33.2. The summed E-state index contributed by atoms with van der Waals surface area (Å²) in [5, 5.41) is 8.39. The zero-order valence-corrected chi connectivity index (χ0v) is 27.6. The summed E-state index contributed by atoms with van der Waals surface area (Å²) in [6.07, 6.45) is 0.740. The molecule has 4 rings (SSSR count). The number of hydrogen-bond donors (Lipinski definition) is 3. The van der Waals surface area contributed by atoms with Gasteiger partial charge in [0.1, 0.15) is 13.2 Å². The van der Waals surface area contributed by atoms with Crippen LogP contribution in [0.15, 0.2) is 65.7 Å². The Hall–Kier alpha value is -3.70. The Morgan fingerprint density at radius 3 is 1.86 bits per heavy atom. The van der Waals surface area contributed by atoms with Crippen LogP contribution in [0.1, 0.15) is 58.1 Å². The molecule has 10 nitrogen and oxygen atoms in total. The van der Waals surface area contributed by atoms with Crippen LogP contribution >= 0.6 is 0 Å². The second kappa shape index (κ2) is 14.4. The maximum atomic E-state index is 12.9. The van der Waals surface area contributed by atoms with E-state index in [1.54, 1.807) is 0 Å². The van der Waals surface area contributed by atoms with Gasteiger partial charge in [0.05, 0.1) is 12.1 Å². The van der Waals surface area contributed by atoms with E-state index in [-0.39, 0.29) is 60.1 Å². The number of amides is 3. The van der Waals surface area contributed by atoms with E-state index in [0.717, 1.165) is 24.0 Å². The molecule has 2 aromatic carbocycles. The molecule has 5 atom stereocenters. The van der Waals surface area contributed by atoms with Crippen LogP contribution in [-0.4, -0.2) is 50.6 Å². The third-order valence-corrected chi connectivity index (χ3v) is 13.5. The molecule has 0 aromatic heterocycles. The minimum absolute atomic E-state index is 0.0204. The highest BCUT2D eigenvalue weighted by Crippen LogP contribution is 2.49. The molecule has 0 heterocycles. The van der Waals surface area contributed by atoms with Gasteiger partial charge in [-0.25, -0.2) is 14.6 Å². The summed E-state index contributed by atoms with van der Waals surface area (Å²) < 4.78 is 17.8. The number of rotatable bonds is 8. The molecule has 2 aliphatic rings. The Kier molecular flexibility index (Phi) is 10.9. The maximum Gasteiger partial charge on any atom is 0.414 e. The summed E-state index contributed by atoms with van der Waals surface area (Å²) in [7, 11) is -2.11. The predicted molar refractivity (Wildman–Crippen MR) is 171 cm³/mol. The maximum absolute atomic E-state index is 12.9. The molecular formula is C33H46N4O6Si. The Morgan fingerprint density at radius 1 is 0.864 bits per heavy atom. The number of hydrogen-bond acceptors (Lipinski definition) is 7. The van der Waals surface area contributed by atoms with Crippen LogP contribution < -0.4 is 16.0 Å². The number of guanidine groups is 1. The summed E-state index contributed by atoms with van der Waals surface area (Å²) in [6.45, 7) is 12.7. The third-order valence-electron chi connectivity index (χ3n) is 8.97. The standard InChI is InChI=1S/C33H46N4O6Si/c1-22(38)34-26-18-17-25-28(43-44(5,6)33(2,3)4)19-27(29(25)26)35-30(36-31(39)41-20-23-13-9-7-10-14-23)37-32(40)42-21-24-15-11-8-12-16-24/h7-16,25-29H,17-21H2,1-6H3,(H,34,38)(H2,35,36,37,39,40)/t25-,26+,27-,28+,29+/m1/s1. The van der Waals surface area contributed by atoms with Crippen molar-refractivity contribution < 1.29 is 28.3 Å². The van der Waals surface area contributed by atoms with Gasteiger partial charge in [-0.1, -0.05) is 81.4 Å². The quantitative estimate of drug-likeness (QED) is 0.191. The fourth-order valence-corrected chi connectivity index (χ4v) is 7.23. The van der Waals surface area contributed by atoms with Crippen molar-refractivity contribution in [2.24, 2.45) is 16.8 Å². The number of fused-ring (bicyclic) bond motifs is 1. The third kappa shape index (κ3) is 8.92. The smallest absolute Gasteiger partial charge is 0.414 e. The topological polar surface area (TPSA) is 127 Å². The molecule has 0 bridgehead atoms. The Labute approximate surface area is 261 Å². The summed E-state index contributed by atoms with van der Waals surface area (Å²) in [5.41, 5.74) is 1.65. The number of nitrogens with one attached hydrogen (secondary N) is 3. The highest BCUT2D eigenvalue weighted by molar-refractivity contribution is 6.74. The van der Waals surface area contributed by atoms with Crippen molar-refractivity contribution in [2.45, 2.75) is 96.5 Å². The number of benzene rings is 2. The number of ether oxygens (including phenoxy) is 2. The first-order valence-corrected chi connectivity index (χ1v) is 18.2. The average molecular weight is 623 g/mol. The zero-order chi connectivity index (χ0) is 31.9. The average Bonchev–Trinajstić information content (AvgIpc) is 3.52. The summed E-state index contributed by atoms with van der Waals surface area (Å²) in [5.74, 6) is 0.00269. The van der Waals surface area contributed by atoms with E-state index in [1.807, 2.05) is 60.7 Å². The van der Waals surface area contributed by atoms with Crippen molar-refractivity contribution in [3.05, 3.63) is 71.8 Å². The fourth-order valence-electron chi connectivity index (χ4n) is 5.84. The lowest BCUT2D eigenvalue weighted by Gasteiger charge is -2.39. The number of alkyl carbamates (subject to hydrolysis) is 2. The van der Waals surface area contributed by atoms with Crippen LogP contribution in [0.5, 0.6) is 0 Å². The lowest BCUT2D eigenvalue weighted by atomic mass is 9.94. The van der Waals surface area contributed by atoms with Crippen molar-refractivity contribution >= 4 is 32.4 Å². The monoisotopic (exact) mass is 622 g/mol. The van der Waals surface area contributed by atoms with Crippen LogP contribution in [0, 0.1) is 11.8 Å². The molecule has 3 N–H and O–H groups in total. The van der Waals surface area contributed by atoms with Gasteiger partial charge in [-0.05, 0) is 54.4 Å². The van der Waals surface area contributed by atoms with Gasteiger partial charge >= 0.3 is 12.2 Å². The Bertz CT molecular complexity index is 1260. The molecule has 0 aliphatic heterocycles. The van der Waals surface area contributed by atoms with Crippen LogP contribution in [0.25, 0.3) is 0 Å². The normalized spacial score (nSPS) is 22.8. The Balaban J connectivity index is 1.56. The van der Waals surface area contributed by atoms with Gasteiger partial charge in [-0.15, -0.1) is 0 Å². The number of carbonyl (C=O) groups excluding carboxylic acids is 3. The minimum Gasteiger partial charge on any atom is -0.444 e. The molecule has 2 aliphatic carbocycles. The number of nitrogens with zero attached hydrogens (tertiary/aromatic N) is 1. The van der Waals surface area contributed by atoms with Gasteiger partial charge in [0.15, 0.2) is 8.32 Å². The zero-order valence-electron chi connectivity index (χ0n) is 26.6. The van der Waals surface area contributed by atoms with E-state index in [9.17, 15) is 14.4 Å². The predicted octanol–water partition coefficient (Wildman–Crippen LogP) is 5.89. The second-order valence-electron chi connectivity index (χ2n) is 13.2. The van der Waals surface area contributed by atoms with Gasteiger partial charge in [0, 0.05) is 18.9 Å². The van der Waals surface area contributed by atoms with E-state index in [1.165, 1.54) is 6.92 Å². The lowest BCUT2D eigenvalue weighted by molar-refractivity contribution is -0.119. The van der Waals surface area contributed by atoms with E-state index < -0.39 is 20.5 Å². The highest BCUT2D eigenvalue weighted by Gasteiger charge is 2.54.